The van der Waals surface area contributed by atoms with E-state index in [-0.39, 0.29) is 12.0 Å². The van der Waals surface area contributed by atoms with Crippen molar-refractivity contribution in [1.82, 2.24) is 9.78 Å². The van der Waals surface area contributed by atoms with Crippen molar-refractivity contribution < 1.29 is 5.11 Å². The normalized spacial score (nSPS) is 15.2. The smallest absolute Gasteiger partial charge is 0.0521 e. The van der Waals surface area contributed by atoms with Crippen LogP contribution in [-0.2, 0) is 13.5 Å². The molecule has 3 nitrogen and oxygen atoms in total. The first-order chi connectivity index (χ1) is 7.09. The average Bonchev–Trinajstić information content (AvgIpc) is 2.62. The van der Waals surface area contributed by atoms with Gasteiger partial charge in [0, 0.05) is 19.9 Å². The lowest BCUT2D eigenvalue weighted by Gasteiger charge is -2.26. The van der Waals surface area contributed by atoms with Crippen LogP contribution in [0.1, 0.15) is 38.7 Å². The van der Waals surface area contributed by atoms with Crippen LogP contribution in [0.2, 0.25) is 0 Å². The summed E-state index contributed by atoms with van der Waals surface area (Å²) in [6.07, 6.45) is 8.20. The second-order valence-electron chi connectivity index (χ2n) is 4.74. The van der Waals surface area contributed by atoms with Crippen LogP contribution in [0.25, 0.3) is 0 Å². The van der Waals surface area contributed by atoms with Crippen molar-refractivity contribution in [2.24, 2.45) is 12.5 Å². The molecular formula is C12H22N2O. The SMILES string of the molecule is CCCC(C)(CO)CCc1cnn(C)c1. The summed E-state index contributed by atoms with van der Waals surface area (Å²) in [6, 6.07) is 0. The second kappa shape index (κ2) is 5.31. The van der Waals surface area contributed by atoms with Gasteiger partial charge < -0.3 is 5.11 Å². The van der Waals surface area contributed by atoms with E-state index >= 15 is 0 Å². The van der Waals surface area contributed by atoms with Crippen LogP contribution < -0.4 is 0 Å². The summed E-state index contributed by atoms with van der Waals surface area (Å²) < 4.78 is 1.82. The Hall–Kier alpha value is -0.830. The summed E-state index contributed by atoms with van der Waals surface area (Å²) in [7, 11) is 1.93. The highest BCUT2D eigenvalue weighted by Crippen LogP contribution is 2.28. The summed E-state index contributed by atoms with van der Waals surface area (Å²) in [5.41, 5.74) is 1.33. The van der Waals surface area contributed by atoms with Gasteiger partial charge in [-0.25, -0.2) is 0 Å². The third-order valence-electron chi connectivity index (χ3n) is 3.01. The van der Waals surface area contributed by atoms with E-state index < -0.39 is 0 Å². The Labute approximate surface area is 92.1 Å². The van der Waals surface area contributed by atoms with Crippen molar-refractivity contribution >= 4 is 0 Å². The van der Waals surface area contributed by atoms with Crippen LogP contribution in [0.3, 0.4) is 0 Å². The molecule has 1 aromatic heterocycles. The van der Waals surface area contributed by atoms with Gasteiger partial charge >= 0.3 is 0 Å². The first-order valence-electron chi connectivity index (χ1n) is 5.68. The Morgan fingerprint density at radius 2 is 2.20 bits per heavy atom. The monoisotopic (exact) mass is 210 g/mol. The van der Waals surface area contributed by atoms with Crippen LogP contribution in [0.5, 0.6) is 0 Å². The molecule has 0 aliphatic carbocycles. The molecule has 1 atom stereocenters. The largest absolute Gasteiger partial charge is 0.396 e. The van der Waals surface area contributed by atoms with Gasteiger partial charge in [0.05, 0.1) is 6.20 Å². The molecule has 0 saturated heterocycles. The molecule has 1 aromatic rings. The molecule has 86 valence electrons. The molecule has 0 amide bonds. The molecular weight excluding hydrogens is 188 g/mol. The van der Waals surface area contributed by atoms with Crippen LogP contribution in [-0.4, -0.2) is 21.5 Å². The third kappa shape index (κ3) is 3.67. The van der Waals surface area contributed by atoms with Crippen molar-refractivity contribution in [2.75, 3.05) is 6.61 Å². The van der Waals surface area contributed by atoms with E-state index in [2.05, 4.69) is 18.9 Å². The van der Waals surface area contributed by atoms with E-state index in [1.54, 1.807) is 0 Å². The zero-order chi connectivity index (χ0) is 11.3. The van der Waals surface area contributed by atoms with Gasteiger partial charge in [0.25, 0.3) is 0 Å². The molecule has 0 fully saturated rings. The summed E-state index contributed by atoms with van der Waals surface area (Å²) >= 11 is 0. The van der Waals surface area contributed by atoms with Gasteiger partial charge in [0.15, 0.2) is 0 Å². The highest BCUT2D eigenvalue weighted by atomic mass is 16.3. The minimum absolute atomic E-state index is 0.0740. The maximum Gasteiger partial charge on any atom is 0.0521 e. The molecule has 15 heavy (non-hydrogen) atoms. The predicted octanol–water partition coefficient (Wildman–Crippen LogP) is 2.15. The fourth-order valence-electron chi connectivity index (χ4n) is 1.93. The van der Waals surface area contributed by atoms with Crippen LogP contribution >= 0.6 is 0 Å². The molecule has 0 spiro atoms. The summed E-state index contributed by atoms with van der Waals surface area (Å²) in [4.78, 5) is 0. The van der Waals surface area contributed by atoms with Crippen LogP contribution in [0.4, 0.5) is 0 Å². The Bertz CT molecular complexity index is 296. The number of hydrogen-bond donors (Lipinski definition) is 1. The van der Waals surface area contributed by atoms with Gasteiger partial charge in [-0.2, -0.15) is 5.10 Å². The fourth-order valence-corrected chi connectivity index (χ4v) is 1.93. The lowest BCUT2D eigenvalue weighted by Crippen LogP contribution is -2.21. The maximum absolute atomic E-state index is 9.38. The molecule has 1 unspecified atom stereocenters. The van der Waals surface area contributed by atoms with Crippen molar-refractivity contribution in [3.05, 3.63) is 18.0 Å². The van der Waals surface area contributed by atoms with Crippen molar-refractivity contribution in [2.45, 2.75) is 39.5 Å². The highest BCUT2D eigenvalue weighted by Gasteiger charge is 2.21. The number of hydrogen-bond acceptors (Lipinski definition) is 2. The molecule has 1 heterocycles. The first kappa shape index (κ1) is 12.2. The first-order valence-corrected chi connectivity index (χ1v) is 5.68. The van der Waals surface area contributed by atoms with Crippen LogP contribution in [0, 0.1) is 5.41 Å². The topological polar surface area (TPSA) is 38.1 Å². The predicted molar refractivity (Wildman–Crippen MR) is 61.6 cm³/mol. The van der Waals surface area contributed by atoms with Gasteiger partial charge in [-0.05, 0) is 30.2 Å². The van der Waals surface area contributed by atoms with Crippen LogP contribution in [0.15, 0.2) is 12.4 Å². The molecule has 0 aliphatic heterocycles. The third-order valence-corrected chi connectivity index (χ3v) is 3.01. The minimum atomic E-state index is 0.0740. The summed E-state index contributed by atoms with van der Waals surface area (Å²) in [6.45, 7) is 4.60. The minimum Gasteiger partial charge on any atom is -0.396 e. The Balaban J connectivity index is 2.47. The number of rotatable bonds is 6. The zero-order valence-corrected chi connectivity index (χ0v) is 10.0. The molecule has 1 rings (SSSR count). The Morgan fingerprint density at radius 1 is 1.47 bits per heavy atom. The van der Waals surface area contributed by atoms with Crippen molar-refractivity contribution in [3.8, 4) is 0 Å². The zero-order valence-electron chi connectivity index (χ0n) is 10.0. The number of aliphatic hydroxyl groups excluding tert-OH is 1. The Morgan fingerprint density at radius 3 is 2.67 bits per heavy atom. The molecule has 0 radical (unpaired) electrons. The van der Waals surface area contributed by atoms with Gasteiger partial charge in [-0.15, -0.1) is 0 Å². The van der Waals surface area contributed by atoms with E-state index in [0.717, 1.165) is 25.7 Å². The van der Waals surface area contributed by atoms with Gasteiger partial charge in [-0.3, -0.25) is 4.68 Å². The van der Waals surface area contributed by atoms with E-state index in [0.29, 0.717) is 0 Å². The maximum atomic E-state index is 9.38. The number of aromatic nitrogens is 2. The lowest BCUT2D eigenvalue weighted by atomic mass is 9.81. The molecule has 0 saturated carbocycles. The van der Waals surface area contributed by atoms with Gasteiger partial charge in [0.1, 0.15) is 0 Å². The lowest BCUT2D eigenvalue weighted by molar-refractivity contribution is 0.122. The number of nitrogens with zero attached hydrogens (tertiary/aromatic N) is 2. The number of aryl methyl sites for hydroxylation is 2. The molecule has 3 heteroatoms. The highest BCUT2D eigenvalue weighted by molar-refractivity contribution is 5.04. The second-order valence-corrected chi connectivity index (χ2v) is 4.74. The standard InChI is InChI=1S/C12H22N2O/c1-4-6-12(2,10-15)7-5-11-8-13-14(3)9-11/h8-9,15H,4-7,10H2,1-3H3. The quantitative estimate of drug-likeness (QED) is 0.781. The number of aliphatic hydroxyl groups is 1. The average molecular weight is 210 g/mol. The van der Waals surface area contributed by atoms with E-state index in [9.17, 15) is 5.11 Å². The van der Waals surface area contributed by atoms with Gasteiger partial charge in [0.2, 0.25) is 0 Å². The molecule has 0 aromatic carbocycles. The van der Waals surface area contributed by atoms with E-state index in [4.69, 9.17) is 0 Å². The molecule has 1 N–H and O–H groups in total. The van der Waals surface area contributed by atoms with Crippen molar-refractivity contribution in [3.63, 3.8) is 0 Å². The van der Waals surface area contributed by atoms with E-state index in [1.807, 2.05) is 24.1 Å². The fraction of sp³-hybridized carbons (Fsp3) is 0.750. The van der Waals surface area contributed by atoms with Crippen molar-refractivity contribution in [1.29, 1.82) is 0 Å². The molecule has 0 aliphatic rings. The van der Waals surface area contributed by atoms with E-state index in [1.165, 1.54) is 5.56 Å². The van der Waals surface area contributed by atoms with Gasteiger partial charge in [-0.1, -0.05) is 20.3 Å². The Kier molecular flexibility index (Phi) is 4.33. The molecule has 0 bridgehead atoms. The summed E-state index contributed by atoms with van der Waals surface area (Å²) in [5, 5.41) is 13.5. The summed E-state index contributed by atoms with van der Waals surface area (Å²) in [5.74, 6) is 0.